The van der Waals surface area contributed by atoms with Crippen LogP contribution in [0.25, 0.3) is 0 Å². The molecule has 0 aliphatic heterocycles. The van der Waals surface area contributed by atoms with E-state index >= 15 is 0 Å². The number of sulfone groups is 1. The van der Waals surface area contributed by atoms with Crippen molar-refractivity contribution in [3.8, 4) is 0 Å². The van der Waals surface area contributed by atoms with Gasteiger partial charge in [-0.05, 0) is 55.5 Å². The minimum atomic E-state index is -3.35. The molecule has 0 unspecified atom stereocenters. The summed E-state index contributed by atoms with van der Waals surface area (Å²) in [6, 6.07) is 6.23. The first kappa shape index (κ1) is 16.5. The summed E-state index contributed by atoms with van der Waals surface area (Å²) in [5, 5.41) is 3.04. The molecule has 1 aromatic carbocycles. The van der Waals surface area contributed by atoms with Gasteiger partial charge in [-0.1, -0.05) is 11.6 Å². The molecule has 0 radical (unpaired) electrons. The molecular formula is C16H16ClNO3S2. The number of anilines is 1. The van der Waals surface area contributed by atoms with Gasteiger partial charge in [0.1, 0.15) is 0 Å². The number of benzene rings is 1. The Bertz CT molecular complexity index is 848. The van der Waals surface area contributed by atoms with Gasteiger partial charge in [0.2, 0.25) is 0 Å². The molecule has 23 heavy (non-hydrogen) atoms. The summed E-state index contributed by atoms with van der Waals surface area (Å²) in [5.74, 6) is -0.253. The molecule has 0 atom stereocenters. The van der Waals surface area contributed by atoms with E-state index in [2.05, 4.69) is 5.32 Å². The van der Waals surface area contributed by atoms with Gasteiger partial charge < -0.3 is 5.32 Å². The van der Waals surface area contributed by atoms with E-state index in [1.165, 1.54) is 40.0 Å². The number of hydrogen-bond donors (Lipinski definition) is 1. The number of aryl methyl sites for hydroxylation is 2. The molecular weight excluding hydrogens is 354 g/mol. The highest BCUT2D eigenvalue weighted by molar-refractivity contribution is 7.90. The Labute approximate surface area is 144 Å². The quantitative estimate of drug-likeness (QED) is 0.891. The number of amides is 1. The third-order valence-corrected chi connectivity index (χ3v) is 6.51. The zero-order valence-corrected chi connectivity index (χ0v) is 14.9. The SMILES string of the molecule is CS(=O)(=O)c1ccc(Cl)c(NC(=O)c2cc3c(s2)CCCC3)c1. The number of carbonyl (C=O) groups excluding carboxylic acids is 1. The summed E-state index contributed by atoms with van der Waals surface area (Å²) >= 11 is 7.58. The lowest BCUT2D eigenvalue weighted by Gasteiger charge is -2.08. The van der Waals surface area contributed by atoms with E-state index in [0.29, 0.717) is 15.6 Å². The smallest absolute Gasteiger partial charge is 0.265 e. The average molecular weight is 370 g/mol. The van der Waals surface area contributed by atoms with Gasteiger partial charge in [-0.3, -0.25) is 4.79 Å². The van der Waals surface area contributed by atoms with Crippen LogP contribution in [0.4, 0.5) is 5.69 Å². The van der Waals surface area contributed by atoms with E-state index in [9.17, 15) is 13.2 Å². The van der Waals surface area contributed by atoms with E-state index in [4.69, 9.17) is 11.6 Å². The Morgan fingerprint density at radius 1 is 1.22 bits per heavy atom. The number of rotatable bonds is 3. The second-order valence-electron chi connectivity index (χ2n) is 5.63. The van der Waals surface area contributed by atoms with Gasteiger partial charge >= 0.3 is 0 Å². The Hall–Kier alpha value is -1.37. The van der Waals surface area contributed by atoms with Crippen LogP contribution >= 0.6 is 22.9 Å². The molecule has 1 heterocycles. The number of fused-ring (bicyclic) bond motifs is 1. The predicted octanol–water partition coefficient (Wildman–Crippen LogP) is 3.94. The van der Waals surface area contributed by atoms with Gasteiger partial charge in [0.15, 0.2) is 9.84 Å². The molecule has 0 bridgehead atoms. The minimum absolute atomic E-state index is 0.127. The third kappa shape index (κ3) is 3.59. The highest BCUT2D eigenvalue weighted by Gasteiger charge is 2.18. The second kappa shape index (κ2) is 6.26. The normalized spacial score (nSPS) is 14.3. The lowest BCUT2D eigenvalue weighted by molar-refractivity contribution is 0.103. The first-order chi connectivity index (χ1) is 10.8. The number of hydrogen-bond acceptors (Lipinski definition) is 4. The molecule has 2 aromatic rings. The molecule has 1 amide bonds. The molecule has 1 aliphatic carbocycles. The van der Waals surface area contributed by atoms with Crippen molar-refractivity contribution < 1.29 is 13.2 Å². The van der Waals surface area contributed by atoms with Crippen LogP contribution in [0.5, 0.6) is 0 Å². The van der Waals surface area contributed by atoms with E-state index < -0.39 is 9.84 Å². The van der Waals surface area contributed by atoms with Crippen molar-refractivity contribution in [2.24, 2.45) is 0 Å². The molecule has 0 saturated heterocycles. The van der Waals surface area contributed by atoms with Gasteiger partial charge in [-0.15, -0.1) is 11.3 Å². The minimum Gasteiger partial charge on any atom is -0.320 e. The summed E-state index contributed by atoms with van der Waals surface area (Å²) in [6.45, 7) is 0. The number of nitrogens with one attached hydrogen (secondary N) is 1. The highest BCUT2D eigenvalue weighted by atomic mass is 35.5. The van der Waals surface area contributed by atoms with Gasteiger partial charge in [0, 0.05) is 11.1 Å². The Morgan fingerprint density at radius 2 is 1.96 bits per heavy atom. The van der Waals surface area contributed by atoms with Crippen molar-refractivity contribution in [3.63, 3.8) is 0 Å². The van der Waals surface area contributed by atoms with Crippen LogP contribution in [-0.4, -0.2) is 20.6 Å². The topological polar surface area (TPSA) is 63.2 Å². The zero-order valence-electron chi connectivity index (χ0n) is 12.6. The van der Waals surface area contributed by atoms with Crippen LogP contribution in [0.3, 0.4) is 0 Å². The fourth-order valence-electron chi connectivity index (χ4n) is 2.62. The second-order valence-corrected chi connectivity index (χ2v) is 9.19. The van der Waals surface area contributed by atoms with E-state index in [0.717, 1.165) is 31.9 Å². The molecule has 1 N–H and O–H groups in total. The zero-order chi connectivity index (χ0) is 16.6. The van der Waals surface area contributed by atoms with E-state index in [-0.39, 0.29) is 10.8 Å². The van der Waals surface area contributed by atoms with E-state index in [1.54, 1.807) is 0 Å². The third-order valence-electron chi connectivity index (χ3n) is 3.83. The Morgan fingerprint density at radius 3 is 2.65 bits per heavy atom. The number of carbonyl (C=O) groups is 1. The van der Waals surface area contributed by atoms with Crippen molar-refractivity contribution >= 4 is 44.4 Å². The molecule has 1 aliphatic rings. The molecule has 7 heteroatoms. The molecule has 0 saturated carbocycles. The summed E-state index contributed by atoms with van der Waals surface area (Å²) < 4.78 is 23.3. The fourth-order valence-corrected chi connectivity index (χ4v) is 4.58. The van der Waals surface area contributed by atoms with Crippen molar-refractivity contribution in [2.75, 3.05) is 11.6 Å². The predicted molar refractivity (Wildman–Crippen MR) is 93.5 cm³/mol. The van der Waals surface area contributed by atoms with Crippen LogP contribution in [-0.2, 0) is 22.7 Å². The largest absolute Gasteiger partial charge is 0.320 e. The molecule has 0 spiro atoms. The van der Waals surface area contributed by atoms with E-state index in [1.807, 2.05) is 6.07 Å². The summed E-state index contributed by atoms with van der Waals surface area (Å²) in [7, 11) is -3.35. The Balaban J connectivity index is 1.86. The molecule has 122 valence electrons. The van der Waals surface area contributed by atoms with Gasteiger partial charge in [0.25, 0.3) is 5.91 Å². The van der Waals surface area contributed by atoms with Crippen molar-refractivity contribution in [2.45, 2.75) is 30.6 Å². The first-order valence-corrected chi connectivity index (χ1v) is 10.4. The van der Waals surface area contributed by atoms with Crippen molar-refractivity contribution in [1.82, 2.24) is 0 Å². The van der Waals surface area contributed by atoms with Crippen LogP contribution < -0.4 is 5.32 Å². The molecule has 1 aromatic heterocycles. The Kier molecular flexibility index (Phi) is 4.49. The lowest BCUT2D eigenvalue weighted by Crippen LogP contribution is -2.11. The first-order valence-electron chi connectivity index (χ1n) is 7.27. The molecule has 3 rings (SSSR count). The van der Waals surface area contributed by atoms with Crippen molar-refractivity contribution in [1.29, 1.82) is 0 Å². The van der Waals surface area contributed by atoms with Crippen molar-refractivity contribution in [3.05, 3.63) is 44.6 Å². The lowest BCUT2D eigenvalue weighted by atomic mass is 9.99. The van der Waals surface area contributed by atoms with Gasteiger partial charge in [-0.25, -0.2) is 8.42 Å². The maximum atomic E-state index is 12.4. The summed E-state index contributed by atoms with van der Waals surface area (Å²) in [4.78, 5) is 14.5. The highest BCUT2D eigenvalue weighted by Crippen LogP contribution is 2.31. The van der Waals surface area contributed by atoms with Crippen LogP contribution in [0.15, 0.2) is 29.2 Å². The van der Waals surface area contributed by atoms with Gasteiger partial charge in [-0.2, -0.15) is 0 Å². The number of thiophene rings is 1. The average Bonchev–Trinajstić information content (AvgIpc) is 2.92. The fraction of sp³-hybridized carbons (Fsp3) is 0.312. The monoisotopic (exact) mass is 369 g/mol. The molecule has 4 nitrogen and oxygen atoms in total. The number of halogens is 1. The summed E-state index contributed by atoms with van der Waals surface area (Å²) in [6.07, 6.45) is 5.49. The van der Waals surface area contributed by atoms with Gasteiger partial charge in [0.05, 0.1) is 20.5 Å². The standard InChI is InChI=1S/C16H16ClNO3S2/c1-23(20,21)11-6-7-12(17)13(9-11)18-16(19)15-8-10-4-2-3-5-14(10)22-15/h6-9H,2-5H2,1H3,(H,18,19). The van der Waals surface area contributed by atoms with Crippen LogP contribution in [0, 0.1) is 0 Å². The van der Waals surface area contributed by atoms with Crippen LogP contribution in [0.1, 0.15) is 33.0 Å². The maximum absolute atomic E-state index is 12.4. The maximum Gasteiger partial charge on any atom is 0.265 e. The van der Waals surface area contributed by atoms with Crippen LogP contribution in [0.2, 0.25) is 5.02 Å². The molecule has 0 fully saturated rings. The summed E-state index contributed by atoms with van der Waals surface area (Å²) in [5.41, 5.74) is 1.56.